The minimum atomic E-state index is -0.0423. The summed E-state index contributed by atoms with van der Waals surface area (Å²) in [6, 6.07) is 5.90. The van der Waals surface area contributed by atoms with Crippen molar-refractivity contribution in [3.63, 3.8) is 0 Å². The number of rotatable bonds is 3. The summed E-state index contributed by atoms with van der Waals surface area (Å²) in [5.74, 6) is 1.05. The summed E-state index contributed by atoms with van der Waals surface area (Å²) in [6.45, 7) is 7.41. The average Bonchev–Trinajstić information content (AvgIpc) is 2.99. The number of amides is 1. The van der Waals surface area contributed by atoms with E-state index in [1.54, 1.807) is 6.20 Å². The fourth-order valence-electron chi connectivity index (χ4n) is 3.46. The van der Waals surface area contributed by atoms with Crippen molar-refractivity contribution in [3.05, 3.63) is 65.2 Å². The highest BCUT2D eigenvalue weighted by Crippen LogP contribution is 2.33. The van der Waals surface area contributed by atoms with Crippen LogP contribution in [0.15, 0.2) is 59.5 Å². The Kier molecular flexibility index (Phi) is 3.52. The van der Waals surface area contributed by atoms with Crippen molar-refractivity contribution >= 4 is 5.91 Å². The van der Waals surface area contributed by atoms with Gasteiger partial charge in [-0.15, -0.1) is 0 Å². The van der Waals surface area contributed by atoms with Gasteiger partial charge in [0.1, 0.15) is 11.5 Å². The first-order valence-electron chi connectivity index (χ1n) is 8.27. The van der Waals surface area contributed by atoms with Gasteiger partial charge in [0.05, 0.1) is 24.6 Å². The zero-order valence-electron chi connectivity index (χ0n) is 14.0. The maximum absolute atomic E-state index is 12.5. The van der Waals surface area contributed by atoms with E-state index in [0.717, 1.165) is 30.3 Å². The van der Waals surface area contributed by atoms with E-state index in [-0.39, 0.29) is 5.91 Å². The number of pyridine rings is 1. The highest BCUT2D eigenvalue weighted by atomic mass is 16.2. The second kappa shape index (κ2) is 5.70. The van der Waals surface area contributed by atoms with Gasteiger partial charge in [-0.2, -0.15) is 0 Å². The van der Waals surface area contributed by atoms with Gasteiger partial charge in [0.2, 0.25) is 0 Å². The Labute approximate surface area is 141 Å². The zero-order chi connectivity index (χ0) is 16.7. The summed E-state index contributed by atoms with van der Waals surface area (Å²) in [4.78, 5) is 23.4. The molecular formula is C18H21N5O. The zero-order valence-corrected chi connectivity index (χ0v) is 14.0. The molecule has 0 aromatic carbocycles. The molecule has 6 nitrogen and oxygen atoms in total. The molecule has 1 amide bonds. The topological polar surface area (TPSA) is 51.7 Å². The van der Waals surface area contributed by atoms with Gasteiger partial charge in [-0.05, 0) is 32.1 Å². The van der Waals surface area contributed by atoms with E-state index in [4.69, 9.17) is 0 Å². The Hall–Kier alpha value is -2.76. The van der Waals surface area contributed by atoms with Crippen LogP contribution in [-0.2, 0) is 11.3 Å². The highest BCUT2D eigenvalue weighted by Gasteiger charge is 2.38. The van der Waals surface area contributed by atoms with Crippen molar-refractivity contribution in [2.75, 3.05) is 19.8 Å². The molecule has 3 aliphatic rings. The molecule has 0 aliphatic carbocycles. The van der Waals surface area contributed by atoms with E-state index in [1.165, 1.54) is 5.57 Å². The quantitative estimate of drug-likeness (QED) is 0.915. The number of fused-ring (bicyclic) bond motifs is 2. The molecule has 6 heteroatoms. The lowest BCUT2D eigenvalue weighted by Crippen LogP contribution is -2.48. The first-order valence-corrected chi connectivity index (χ1v) is 8.27. The molecule has 3 aliphatic heterocycles. The van der Waals surface area contributed by atoms with Crippen LogP contribution in [0.4, 0.5) is 0 Å². The number of carbonyl (C=O) groups excluding carboxylic acids is 1. The summed E-state index contributed by atoms with van der Waals surface area (Å²) in [7, 11) is 0. The molecule has 0 fully saturated rings. The molecule has 0 saturated carbocycles. The van der Waals surface area contributed by atoms with Crippen molar-refractivity contribution in [1.29, 1.82) is 0 Å². The Morgan fingerprint density at radius 1 is 1.33 bits per heavy atom. The number of aromatic nitrogens is 1. The van der Waals surface area contributed by atoms with Gasteiger partial charge in [0.25, 0.3) is 5.91 Å². The van der Waals surface area contributed by atoms with Gasteiger partial charge in [0.15, 0.2) is 0 Å². The largest absolute Gasteiger partial charge is 0.353 e. The first kappa shape index (κ1) is 14.8. The number of carbonyl (C=O) groups is 1. The van der Waals surface area contributed by atoms with Gasteiger partial charge in [-0.3, -0.25) is 9.78 Å². The lowest BCUT2D eigenvalue weighted by atomic mass is 10.1. The number of allylic oxidation sites excluding steroid dienone is 1. The molecule has 0 spiro atoms. The predicted octanol–water partition coefficient (Wildman–Crippen LogP) is 1.58. The van der Waals surface area contributed by atoms with Crippen molar-refractivity contribution in [2.24, 2.45) is 0 Å². The molecule has 24 heavy (non-hydrogen) atoms. The number of nitrogens with one attached hydrogen (secondary N) is 1. The SMILES string of the molecule is CCN1CC(C)=CC2=C1N1CN(Cc3ccccn3)C=C1C(=O)N2. The van der Waals surface area contributed by atoms with Crippen LogP contribution in [0, 0.1) is 0 Å². The summed E-state index contributed by atoms with van der Waals surface area (Å²) in [5.41, 5.74) is 3.86. The lowest BCUT2D eigenvalue weighted by Gasteiger charge is -2.40. The van der Waals surface area contributed by atoms with E-state index in [2.05, 4.69) is 44.9 Å². The lowest BCUT2D eigenvalue weighted by molar-refractivity contribution is -0.118. The van der Waals surface area contributed by atoms with Crippen LogP contribution in [0.2, 0.25) is 0 Å². The van der Waals surface area contributed by atoms with Crippen LogP contribution in [0.3, 0.4) is 0 Å². The van der Waals surface area contributed by atoms with E-state index >= 15 is 0 Å². The highest BCUT2D eigenvalue weighted by molar-refractivity contribution is 5.96. The monoisotopic (exact) mass is 323 g/mol. The Bertz CT molecular complexity index is 765. The summed E-state index contributed by atoms with van der Waals surface area (Å²) in [5, 5.41) is 3.04. The first-order chi connectivity index (χ1) is 11.7. The maximum atomic E-state index is 12.5. The van der Waals surface area contributed by atoms with Crippen molar-refractivity contribution in [1.82, 2.24) is 25.0 Å². The third-order valence-corrected chi connectivity index (χ3v) is 4.50. The van der Waals surface area contributed by atoms with Gasteiger partial charge in [0, 0.05) is 25.5 Å². The molecule has 1 aromatic rings. The normalized spacial score (nSPS) is 19.8. The number of nitrogens with zero attached hydrogens (tertiary/aromatic N) is 4. The van der Waals surface area contributed by atoms with E-state index < -0.39 is 0 Å². The minimum Gasteiger partial charge on any atom is -0.353 e. The fraction of sp³-hybridized carbons (Fsp3) is 0.333. The van der Waals surface area contributed by atoms with Gasteiger partial charge < -0.3 is 20.0 Å². The van der Waals surface area contributed by atoms with Crippen LogP contribution in [0.1, 0.15) is 19.5 Å². The van der Waals surface area contributed by atoms with Gasteiger partial charge >= 0.3 is 0 Å². The van der Waals surface area contributed by atoms with Gasteiger partial charge in [-0.25, -0.2) is 0 Å². The van der Waals surface area contributed by atoms with Crippen molar-refractivity contribution < 1.29 is 4.79 Å². The summed E-state index contributed by atoms with van der Waals surface area (Å²) >= 11 is 0. The Morgan fingerprint density at radius 2 is 2.21 bits per heavy atom. The van der Waals surface area contributed by atoms with Crippen LogP contribution in [-0.4, -0.2) is 45.3 Å². The maximum Gasteiger partial charge on any atom is 0.274 e. The van der Waals surface area contributed by atoms with E-state index in [0.29, 0.717) is 18.9 Å². The van der Waals surface area contributed by atoms with Crippen LogP contribution in [0.25, 0.3) is 0 Å². The molecular weight excluding hydrogens is 302 g/mol. The number of hydrogen-bond acceptors (Lipinski definition) is 5. The molecule has 0 unspecified atom stereocenters. The molecule has 1 N–H and O–H groups in total. The summed E-state index contributed by atoms with van der Waals surface area (Å²) in [6.07, 6.45) is 5.82. The smallest absolute Gasteiger partial charge is 0.274 e. The van der Waals surface area contributed by atoms with Crippen LogP contribution < -0.4 is 5.32 Å². The predicted molar refractivity (Wildman–Crippen MR) is 90.7 cm³/mol. The Morgan fingerprint density at radius 3 is 2.96 bits per heavy atom. The molecule has 124 valence electrons. The summed E-state index contributed by atoms with van der Waals surface area (Å²) < 4.78 is 0. The molecule has 0 radical (unpaired) electrons. The molecule has 4 heterocycles. The van der Waals surface area contributed by atoms with Crippen molar-refractivity contribution in [3.8, 4) is 0 Å². The van der Waals surface area contributed by atoms with E-state index in [1.807, 2.05) is 24.4 Å². The second-order valence-electron chi connectivity index (χ2n) is 6.35. The molecule has 0 atom stereocenters. The Balaban J connectivity index is 1.64. The molecule has 0 bridgehead atoms. The van der Waals surface area contributed by atoms with Gasteiger partial charge in [-0.1, -0.05) is 11.6 Å². The minimum absolute atomic E-state index is 0.0423. The molecule has 0 saturated heterocycles. The van der Waals surface area contributed by atoms with Crippen molar-refractivity contribution in [2.45, 2.75) is 20.4 Å². The van der Waals surface area contributed by atoms with Crippen LogP contribution >= 0.6 is 0 Å². The average molecular weight is 323 g/mol. The second-order valence-corrected chi connectivity index (χ2v) is 6.35. The number of hydrogen-bond donors (Lipinski definition) is 1. The third kappa shape index (κ3) is 2.44. The number of likely N-dealkylation sites (N-methyl/N-ethyl adjacent to an activating group) is 1. The van der Waals surface area contributed by atoms with E-state index in [9.17, 15) is 4.79 Å². The molecule has 4 rings (SSSR count). The standard InChI is InChI=1S/C18H21N5O/c1-3-22-9-13(2)8-15-18(22)23-12-21(11-16(23)17(24)20-15)10-14-6-4-5-7-19-14/h4-8,11H,3,9-10,12H2,1-2H3,(H,20,24). The van der Waals surface area contributed by atoms with Crippen LogP contribution in [0.5, 0.6) is 0 Å². The third-order valence-electron chi connectivity index (χ3n) is 4.50. The molecule has 1 aromatic heterocycles. The fourth-order valence-corrected chi connectivity index (χ4v) is 3.46.